The van der Waals surface area contributed by atoms with E-state index in [1.54, 1.807) is 13.0 Å². The highest BCUT2D eigenvalue weighted by atomic mass is 32.2. The fraction of sp³-hybridized carbons (Fsp3) is 0.538. The summed E-state index contributed by atoms with van der Waals surface area (Å²) in [6.45, 7) is 4.17. The Balaban J connectivity index is 1.79. The lowest BCUT2D eigenvalue weighted by Crippen LogP contribution is -2.30. The first kappa shape index (κ1) is 13.7. The summed E-state index contributed by atoms with van der Waals surface area (Å²) in [4.78, 5) is 0.257. The smallest absolute Gasteiger partial charge is 0.240 e. The second kappa shape index (κ2) is 5.23. The van der Waals surface area contributed by atoms with Crippen LogP contribution in [0.1, 0.15) is 12.0 Å². The van der Waals surface area contributed by atoms with Crippen LogP contribution in [0.4, 0.5) is 0 Å². The molecule has 0 radical (unpaired) electrons. The molecule has 0 bridgehead atoms. The van der Waals surface area contributed by atoms with Gasteiger partial charge in [-0.25, -0.2) is 13.1 Å². The number of ether oxygens (including phenoxy) is 2. The van der Waals surface area contributed by atoms with Gasteiger partial charge in [0.15, 0.2) is 11.5 Å². The lowest BCUT2D eigenvalue weighted by atomic mass is 10.1. The van der Waals surface area contributed by atoms with Crippen molar-refractivity contribution in [3.8, 4) is 11.5 Å². The minimum Gasteiger partial charge on any atom is -0.454 e. The number of aryl methyl sites for hydroxylation is 1. The number of hydrogen-bond acceptors (Lipinski definition) is 5. The quantitative estimate of drug-likeness (QED) is 0.852. The van der Waals surface area contributed by atoms with Gasteiger partial charge in [0, 0.05) is 12.6 Å². The molecule has 2 heterocycles. The molecule has 0 aliphatic carbocycles. The van der Waals surface area contributed by atoms with Crippen LogP contribution in [-0.4, -0.2) is 34.8 Å². The minimum absolute atomic E-state index is 0.138. The summed E-state index contributed by atoms with van der Waals surface area (Å²) in [5.74, 6) is 1.44. The SMILES string of the molecule is Cc1cc2c(cc1S(=O)(=O)NCC1CCNC1)OCO2. The molecule has 110 valence electrons. The Kier molecular flexibility index (Phi) is 3.57. The Bertz CT molecular complexity index is 609. The fourth-order valence-corrected chi connectivity index (χ4v) is 3.86. The normalized spacial score (nSPS) is 21.4. The van der Waals surface area contributed by atoms with Crippen LogP contribution in [0.3, 0.4) is 0 Å². The third-order valence-corrected chi connectivity index (χ3v) is 5.25. The summed E-state index contributed by atoms with van der Waals surface area (Å²) in [5, 5.41) is 3.22. The molecule has 2 N–H and O–H groups in total. The maximum absolute atomic E-state index is 12.4. The number of sulfonamides is 1. The molecule has 1 saturated heterocycles. The minimum atomic E-state index is -3.51. The third-order valence-electron chi connectivity index (χ3n) is 3.68. The van der Waals surface area contributed by atoms with Gasteiger partial charge in [-0.05, 0) is 44.0 Å². The van der Waals surface area contributed by atoms with Crippen LogP contribution in [0.2, 0.25) is 0 Å². The molecule has 1 unspecified atom stereocenters. The van der Waals surface area contributed by atoms with Gasteiger partial charge < -0.3 is 14.8 Å². The number of fused-ring (bicyclic) bond motifs is 1. The van der Waals surface area contributed by atoms with Crippen molar-refractivity contribution in [2.24, 2.45) is 5.92 Å². The molecule has 2 aliphatic rings. The van der Waals surface area contributed by atoms with Gasteiger partial charge in [-0.15, -0.1) is 0 Å². The molecule has 1 atom stereocenters. The summed E-state index contributed by atoms with van der Waals surface area (Å²) in [5.41, 5.74) is 0.659. The number of nitrogens with one attached hydrogen (secondary N) is 2. The van der Waals surface area contributed by atoms with Gasteiger partial charge in [-0.2, -0.15) is 0 Å². The van der Waals surface area contributed by atoms with Gasteiger partial charge in [0.05, 0.1) is 4.90 Å². The lowest BCUT2D eigenvalue weighted by molar-refractivity contribution is 0.174. The lowest BCUT2D eigenvalue weighted by Gasteiger charge is -2.13. The monoisotopic (exact) mass is 298 g/mol. The van der Waals surface area contributed by atoms with E-state index < -0.39 is 10.0 Å². The zero-order chi connectivity index (χ0) is 14.2. The van der Waals surface area contributed by atoms with Gasteiger partial charge in [-0.3, -0.25) is 0 Å². The molecule has 1 fully saturated rings. The molecule has 7 heteroatoms. The second-order valence-electron chi connectivity index (χ2n) is 5.18. The fourth-order valence-electron chi connectivity index (χ4n) is 2.51. The van der Waals surface area contributed by atoms with Crippen molar-refractivity contribution in [2.75, 3.05) is 26.4 Å². The van der Waals surface area contributed by atoms with E-state index in [1.165, 1.54) is 6.07 Å². The van der Waals surface area contributed by atoms with Crippen molar-refractivity contribution in [3.05, 3.63) is 17.7 Å². The van der Waals surface area contributed by atoms with Crippen LogP contribution >= 0.6 is 0 Å². The predicted molar refractivity (Wildman–Crippen MR) is 73.5 cm³/mol. The average molecular weight is 298 g/mol. The van der Waals surface area contributed by atoms with Crippen LogP contribution < -0.4 is 19.5 Å². The average Bonchev–Trinajstić information content (AvgIpc) is 3.06. The Labute approximate surface area is 118 Å². The highest BCUT2D eigenvalue weighted by Gasteiger charge is 2.24. The Morgan fingerprint density at radius 2 is 2.10 bits per heavy atom. The molecule has 6 nitrogen and oxygen atoms in total. The second-order valence-corrected chi connectivity index (χ2v) is 6.92. The zero-order valence-electron chi connectivity index (χ0n) is 11.3. The first-order chi connectivity index (χ1) is 9.56. The van der Waals surface area contributed by atoms with Crippen LogP contribution in [0.25, 0.3) is 0 Å². The van der Waals surface area contributed by atoms with Crippen molar-refractivity contribution in [1.29, 1.82) is 0 Å². The highest BCUT2D eigenvalue weighted by Crippen LogP contribution is 2.36. The zero-order valence-corrected chi connectivity index (χ0v) is 12.1. The maximum Gasteiger partial charge on any atom is 0.240 e. The van der Waals surface area contributed by atoms with E-state index >= 15 is 0 Å². The van der Waals surface area contributed by atoms with Gasteiger partial charge in [0.2, 0.25) is 16.8 Å². The molecule has 0 aromatic heterocycles. The third kappa shape index (κ3) is 2.61. The summed E-state index contributed by atoms with van der Waals surface area (Å²) < 4.78 is 37.9. The van der Waals surface area contributed by atoms with Crippen LogP contribution in [-0.2, 0) is 10.0 Å². The molecule has 2 aliphatic heterocycles. The Morgan fingerprint density at radius 3 is 2.80 bits per heavy atom. The molecule has 3 rings (SSSR count). The van der Waals surface area contributed by atoms with Crippen LogP contribution in [0.5, 0.6) is 11.5 Å². The molecule has 1 aromatic rings. The molecule has 1 aromatic carbocycles. The number of hydrogen-bond donors (Lipinski definition) is 2. The van der Waals surface area contributed by atoms with Crippen molar-refractivity contribution in [2.45, 2.75) is 18.2 Å². The standard InChI is InChI=1S/C13H18N2O4S/c1-9-4-11-12(19-8-18-11)5-13(9)20(16,17)15-7-10-2-3-14-6-10/h4-5,10,14-15H,2-3,6-8H2,1H3. The summed E-state index contributed by atoms with van der Waals surface area (Å²) in [6.07, 6.45) is 1.00. The van der Waals surface area contributed by atoms with Crippen molar-refractivity contribution < 1.29 is 17.9 Å². The predicted octanol–water partition coefficient (Wildman–Crippen LogP) is 0.612. The molecular formula is C13H18N2O4S. The van der Waals surface area contributed by atoms with E-state index in [1.807, 2.05) is 0 Å². The van der Waals surface area contributed by atoms with Gasteiger partial charge >= 0.3 is 0 Å². The molecule has 0 spiro atoms. The number of rotatable bonds is 4. The van der Waals surface area contributed by atoms with E-state index in [0.29, 0.717) is 29.5 Å². The van der Waals surface area contributed by atoms with Gasteiger partial charge in [0.25, 0.3) is 0 Å². The van der Waals surface area contributed by atoms with Crippen LogP contribution in [0.15, 0.2) is 17.0 Å². The topological polar surface area (TPSA) is 76.7 Å². The van der Waals surface area contributed by atoms with Crippen molar-refractivity contribution in [3.63, 3.8) is 0 Å². The molecule has 0 saturated carbocycles. The van der Waals surface area contributed by atoms with Crippen LogP contribution in [0, 0.1) is 12.8 Å². The Morgan fingerprint density at radius 1 is 1.35 bits per heavy atom. The molecule has 20 heavy (non-hydrogen) atoms. The Hall–Kier alpha value is -1.31. The first-order valence-corrected chi connectivity index (χ1v) is 8.15. The highest BCUT2D eigenvalue weighted by molar-refractivity contribution is 7.89. The van der Waals surface area contributed by atoms with E-state index in [4.69, 9.17) is 9.47 Å². The maximum atomic E-state index is 12.4. The summed E-state index contributed by atoms with van der Waals surface area (Å²) in [7, 11) is -3.51. The number of benzene rings is 1. The van der Waals surface area contributed by atoms with E-state index in [9.17, 15) is 8.42 Å². The van der Waals surface area contributed by atoms with Crippen molar-refractivity contribution in [1.82, 2.24) is 10.0 Å². The first-order valence-electron chi connectivity index (χ1n) is 6.67. The summed E-state index contributed by atoms with van der Waals surface area (Å²) >= 11 is 0. The summed E-state index contributed by atoms with van der Waals surface area (Å²) in [6, 6.07) is 3.24. The van der Waals surface area contributed by atoms with E-state index in [0.717, 1.165) is 19.5 Å². The largest absolute Gasteiger partial charge is 0.454 e. The molecule has 0 amide bonds. The van der Waals surface area contributed by atoms with Gasteiger partial charge in [0.1, 0.15) is 0 Å². The molecular weight excluding hydrogens is 280 g/mol. The van der Waals surface area contributed by atoms with Gasteiger partial charge in [-0.1, -0.05) is 0 Å². The van der Waals surface area contributed by atoms with E-state index in [2.05, 4.69) is 10.0 Å². The van der Waals surface area contributed by atoms with Crippen molar-refractivity contribution >= 4 is 10.0 Å². The van der Waals surface area contributed by atoms with E-state index in [-0.39, 0.29) is 11.7 Å².